The van der Waals surface area contributed by atoms with E-state index in [1.807, 2.05) is 25.1 Å². The molecule has 130 valence electrons. The highest BCUT2D eigenvalue weighted by Gasteiger charge is 2.33. The minimum absolute atomic E-state index is 0.0590. The maximum Gasteiger partial charge on any atom is 0.247 e. The molecule has 1 saturated heterocycles. The SMILES string of the molecule is C=CCN(C(=O)/C=C(/C)CCc1ccccc1)[C@@H]1CCS(=O)(=O)C1. The van der Waals surface area contributed by atoms with Crippen LogP contribution in [0.4, 0.5) is 0 Å². The third kappa shape index (κ3) is 5.34. The van der Waals surface area contributed by atoms with Crippen LogP contribution in [-0.2, 0) is 21.1 Å². The predicted octanol–water partition coefficient (Wildman–Crippen LogP) is 2.77. The maximum absolute atomic E-state index is 12.6. The number of carbonyl (C=O) groups excluding carboxylic acids is 1. The second-order valence-corrected chi connectivity index (χ2v) is 8.54. The van der Waals surface area contributed by atoms with Crippen LogP contribution in [0.3, 0.4) is 0 Å². The number of benzene rings is 1. The van der Waals surface area contributed by atoms with Crippen molar-refractivity contribution in [2.24, 2.45) is 0 Å². The van der Waals surface area contributed by atoms with Crippen molar-refractivity contribution in [2.45, 2.75) is 32.2 Å². The van der Waals surface area contributed by atoms with Crippen LogP contribution in [0.5, 0.6) is 0 Å². The highest BCUT2D eigenvalue weighted by Crippen LogP contribution is 2.19. The van der Waals surface area contributed by atoms with Gasteiger partial charge in [-0.15, -0.1) is 6.58 Å². The Bertz CT molecular complexity index is 707. The van der Waals surface area contributed by atoms with Crippen LogP contribution in [0.15, 0.2) is 54.6 Å². The lowest BCUT2D eigenvalue weighted by Crippen LogP contribution is -2.40. The Labute approximate surface area is 144 Å². The number of hydrogen-bond acceptors (Lipinski definition) is 3. The normalized spacial score (nSPS) is 19.9. The van der Waals surface area contributed by atoms with Gasteiger partial charge in [-0.05, 0) is 31.7 Å². The van der Waals surface area contributed by atoms with E-state index in [4.69, 9.17) is 0 Å². The molecule has 1 atom stereocenters. The summed E-state index contributed by atoms with van der Waals surface area (Å²) < 4.78 is 23.3. The molecule has 0 aliphatic carbocycles. The van der Waals surface area contributed by atoms with Crippen molar-refractivity contribution in [3.05, 3.63) is 60.2 Å². The Morgan fingerprint density at radius 1 is 1.33 bits per heavy atom. The molecule has 0 aromatic heterocycles. The third-order valence-electron chi connectivity index (χ3n) is 4.28. The van der Waals surface area contributed by atoms with Crippen LogP contribution in [0.25, 0.3) is 0 Å². The van der Waals surface area contributed by atoms with Crippen molar-refractivity contribution in [3.8, 4) is 0 Å². The summed E-state index contributed by atoms with van der Waals surface area (Å²) in [6, 6.07) is 9.90. The molecule has 1 aromatic rings. The van der Waals surface area contributed by atoms with E-state index in [0.717, 1.165) is 18.4 Å². The molecule has 1 heterocycles. The predicted molar refractivity (Wildman–Crippen MR) is 97.5 cm³/mol. The van der Waals surface area contributed by atoms with Crippen molar-refractivity contribution in [1.29, 1.82) is 0 Å². The Kier molecular flexibility index (Phi) is 6.37. The Hall–Kier alpha value is -1.88. The van der Waals surface area contributed by atoms with Gasteiger partial charge in [0.15, 0.2) is 9.84 Å². The number of nitrogens with zero attached hydrogens (tertiary/aromatic N) is 1. The molecule has 5 heteroatoms. The molecule has 1 aliphatic rings. The molecular formula is C19H25NO3S. The summed E-state index contributed by atoms with van der Waals surface area (Å²) in [6.07, 6.45) is 5.49. The molecule has 4 nitrogen and oxygen atoms in total. The van der Waals surface area contributed by atoms with Gasteiger partial charge in [0, 0.05) is 18.7 Å². The fourth-order valence-electron chi connectivity index (χ4n) is 2.93. The summed E-state index contributed by atoms with van der Waals surface area (Å²) >= 11 is 0. The first-order valence-electron chi connectivity index (χ1n) is 8.24. The summed E-state index contributed by atoms with van der Waals surface area (Å²) in [7, 11) is -3.02. The van der Waals surface area contributed by atoms with Crippen LogP contribution < -0.4 is 0 Å². The minimum atomic E-state index is -3.02. The monoisotopic (exact) mass is 347 g/mol. The van der Waals surface area contributed by atoms with E-state index in [2.05, 4.69) is 18.7 Å². The quantitative estimate of drug-likeness (QED) is 0.563. The maximum atomic E-state index is 12.6. The van der Waals surface area contributed by atoms with Crippen molar-refractivity contribution < 1.29 is 13.2 Å². The number of sulfone groups is 1. The number of rotatable bonds is 7. The molecule has 24 heavy (non-hydrogen) atoms. The summed E-state index contributed by atoms with van der Waals surface area (Å²) in [5, 5.41) is 0. The summed E-state index contributed by atoms with van der Waals surface area (Å²) in [4.78, 5) is 14.2. The Morgan fingerprint density at radius 3 is 2.62 bits per heavy atom. The van der Waals surface area contributed by atoms with E-state index in [1.165, 1.54) is 5.56 Å². The highest BCUT2D eigenvalue weighted by atomic mass is 32.2. The molecule has 0 unspecified atom stereocenters. The molecule has 1 fully saturated rings. The zero-order chi connectivity index (χ0) is 17.6. The standard InChI is InChI=1S/C19H25NO3S/c1-3-12-20(18-11-13-24(22,23)15-18)19(21)14-16(2)9-10-17-7-5-4-6-8-17/h3-8,14,18H,1,9-13,15H2,2H3/b16-14-/t18-/m1/s1. The van der Waals surface area contributed by atoms with E-state index in [0.29, 0.717) is 13.0 Å². The molecule has 1 aromatic carbocycles. The van der Waals surface area contributed by atoms with Crippen molar-refractivity contribution in [1.82, 2.24) is 4.90 Å². The summed E-state index contributed by atoms with van der Waals surface area (Å²) in [6.45, 7) is 6.00. The van der Waals surface area contributed by atoms with Gasteiger partial charge in [0.1, 0.15) is 0 Å². The van der Waals surface area contributed by atoms with Crippen LogP contribution >= 0.6 is 0 Å². The van der Waals surface area contributed by atoms with E-state index in [9.17, 15) is 13.2 Å². The van der Waals surface area contributed by atoms with Crippen LogP contribution in [0.2, 0.25) is 0 Å². The van der Waals surface area contributed by atoms with E-state index in [-0.39, 0.29) is 23.5 Å². The highest BCUT2D eigenvalue weighted by molar-refractivity contribution is 7.91. The third-order valence-corrected chi connectivity index (χ3v) is 6.03. The lowest BCUT2D eigenvalue weighted by molar-refractivity contribution is -0.127. The number of amides is 1. The van der Waals surface area contributed by atoms with Crippen molar-refractivity contribution in [2.75, 3.05) is 18.1 Å². The summed E-state index contributed by atoms with van der Waals surface area (Å²) in [5.74, 6) is 0.0984. The molecule has 0 spiro atoms. The van der Waals surface area contributed by atoms with E-state index >= 15 is 0 Å². The molecule has 2 rings (SSSR count). The van der Waals surface area contributed by atoms with Gasteiger partial charge in [-0.25, -0.2) is 8.42 Å². The van der Waals surface area contributed by atoms with Crippen molar-refractivity contribution in [3.63, 3.8) is 0 Å². The van der Waals surface area contributed by atoms with Crippen LogP contribution in [0.1, 0.15) is 25.3 Å². The number of carbonyl (C=O) groups is 1. The smallest absolute Gasteiger partial charge is 0.247 e. The van der Waals surface area contributed by atoms with Crippen LogP contribution in [0, 0.1) is 0 Å². The second kappa shape index (κ2) is 8.29. The number of aryl methyl sites for hydroxylation is 1. The van der Waals surface area contributed by atoms with Gasteiger partial charge in [0.05, 0.1) is 11.5 Å². The average molecular weight is 347 g/mol. The topological polar surface area (TPSA) is 54.5 Å². The molecule has 1 amide bonds. The molecular weight excluding hydrogens is 322 g/mol. The van der Waals surface area contributed by atoms with Crippen LogP contribution in [-0.4, -0.2) is 43.3 Å². The Morgan fingerprint density at radius 2 is 2.04 bits per heavy atom. The first-order valence-corrected chi connectivity index (χ1v) is 10.1. The summed E-state index contributed by atoms with van der Waals surface area (Å²) in [5.41, 5.74) is 2.24. The van der Waals surface area contributed by atoms with E-state index in [1.54, 1.807) is 17.1 Å². The van der Waals surface area contributed by atoms with Gasteiger partial charge < -0.3 is 4.90 Å². The average Bonchev–Trinajstić information content (AvgIpc) is 2.91. The lowest BCUT2D eigenvalue weighted by atomic mass is 10.1. The number of hydrogen-bond donors (Lipinski definition) is 0. The first kappa shape index (κ1) is 18.5. The van der Waals surface area contributed by atoms with Gasteiger partial charge in [0.25, 0.3) is 0 Å². The zero-order valence-electron chi connectivity index (χ0n) is 14.1. The molecule has 1 aliphatic heterocycles. The first-order chi connectivity index (χ1) is 11.4. The van der Waals surface area contributed by atoms with Crippen molar-refractivity contribution >= 4 is 15.7 Å². The fourth-order valence-corrected chi connectivity index (χ4v) is 4.66. The van der Waals surface area contributed by atoms with Gasteiger partial charge in [-0.2, -0.15) is 0 Å². The zero-order valence-corrected chi connectivity index (χ0v) is 15.0. The van der Waals surface area contributed by atoms with Gasteiger partial charge >= 0.3 is 0 Å². The number of allylic oxidation sites excluding steroid dienone is 1. The molecule has 0 saturated carbocycles. The second-order valence-electron chi connectivity index (χ2n) is 6.31. The van der Waals surface area contributed by atoms with E-state index < -0.39 is 9.84 Å². The fraction of sp³-hybridized carbons (Fsp3) is 0.421. The van der Waals surface area contributed by atoms with Gasteiger partial charge in [-0.1, -0.05) is 42.0 Å². The van der Waals surface area contributed by atoms with Gasteiger partial charge in [-0.3, -0.25) is 4.79 Å². The Balaban J connectivity index is 1.99. The molecule has 0 N–H and O–H groups in total. The molecule has 0 bridgehead atoms. The largest absolute Gasteiger partial charge is 0.331 e. The molecule has 0 radical (unpaired) electrons. The minimum Gasteiger partial charge on any atom is -0.331 e. The van der Waals surface area contributed by atoms with Gasteiger partial charge in [0.2, 0.25) is 5.91 Å². The lowest BCUT2D eigenvalue weighted by Gasteiger charge is -2.26.